The lowest BCUT2D eigenvalue weighted by Crippen LogP contribution is -2.25. The fraction of sp³-hybridized carbons (Fsp3) is 0.294. The van der Waals surface area contributed by atoms with Crippen molar-refractivity contribution in [2.75, 3.05) is 11.9 Å². The standard InChI is InChI=1S/C17H19Cl2N3O/c1-11(2)6-7-21-17(23)12-8-13(10-20-9-12)22-16-14(18)4-3-5-15(16)19/h3-5,8-11,22H,6-7H2,1-2H3,(H,21,23). The van der Waals surface area contributed by atoms with Crippen LogP contribution in [0.3, 0.4) is 0 Å². The molecule has 0 aliphatic rings. The van der Waals surface area contributed by atoms with Gasteiger partial charge < -0.3 is 10.6 Å². The average molecular weight is 352 g/mol. The van der Waals surface area contributed by atoms with E-state index in [0.29, 0.717) is 39.4 Å². The van der Waals surface area contributed by atoms with E-state index in [1.54, 1.807) is 30.5 Å². The molecule has 1 aromatic heterocycles. The molecule has 0 aliphatic carbocycles. The van der Waals surface area contributed by atoms with Gasteiger partial charge in [0.15, 0.2) is 0 Å². The van der Waals surface area contributed by atoms with E-state index < -0.39 is 0 Å². The fourth-order valence-electron chi connectivity index (χ4n) is 1.97. The van der Waals surface area contributed by atoms with Crippen molar-refractivity contribution in [2.45, 2.75) is 20.3 Å². The van der Waals surface area contributed by atoms with Crippen LogP contribution in [0.15, 0.2) is 36.7 Å². The summed E-state index contributed by atoms with van der Waals surface area (Å²) in [5.41, 5.74) is 1.73. The van der Waals surface area contributed by atoms with Gasteiger partial charge >= 0.3 is 0 Å². The molecular weight excluding hydrogens is 333 g/mol. The smallest absolute Gasteiger partial charge is 0.252 e. The highest BCUT2D eigenvalue weighted by molar-refractivity contribution is 6.39. The third-order valence-electron chi connectivity index (χ3n) is 3.24. The lowest BCUT2D eigenvalue weighted by molar-refractivity contribution is 0.0951. The van der Waals surface area contributed by atoms with Crippen molar-refractivity contribution in [3.8, 4) is 0 Å². The summed E-state index contributed by atoms with van der Waals surface area (Å²) in [7, 11) is 0. The highest BCUT2D eigenvalue weighted by atomic mass is 35.5. The molecule has 0 spiro atoms. The number of anilines is 2. The average Bonchev–Trinajstić information content (AvgIpc) is 2.51. The van der Waals surface area contributed by atoms with Gasteiger partial charge in [-0.3, -0.25) is 9.78 Å². The monoisotopic (exact) mass is 351 g/mol. The fourth-order valence-corrected chi connectivity index (χ4v) is 2.46. The van der Waals surface area contributed by atoms with Crippen molar-refractivity contribution >= 4 is 40.5 Å². The second-order valence-corrected chi connectivity index (χ2v) is 6.44. The largest absolute Gasteiger partial charge is 0.352 e. The van der Waals surface area contributed by atoms with Gasteiger partial charge in [0.1, 0.15) is 0 Å². The Kier molecular flexibility index (Phi) is 6.25. The minimum absolute atomic E-state index is 0.146. The zero-order chi connectivity index (χ0) is 16.8. The molecule has 122 valence electrons. The van der Waals surface area contributed by atoms with E-state index in [9.17, 15) is 4.79 Å². The molecule has 0 unspecified atom stereocenters. The van der Waals surface area contributed by atoms with Crippen molar-refractivity contribution in [1.29, 1.82) is 0 Å². The summed E-state index contributed by atoms with van der Waals surface area (Å²) in [5, 5.41) is 7.00. The lowest BCUT2D eigenvalue weighted by atomic mass is 10.1. The summed E-state index contributed by atoms with van der Waals surface area (Å²) in [6.45, 7) is 4.88. The topological polar surface area (TPSA) is 54.0 Å². The van der Waals surface area contributed by atoms with Gasteiger partial charge in [-0.05, 0) is 30.5 Å². The summed E-state index contributed by atoms with van der Waals surface area (Å²) in [4.78, 5) is 16.2. The summed E-state index contributed by atoms with van der Waals surface area (Å²) >= 11 is 12.3. The van der Waals surface area contributed by atoms with Crippen LogP contribution in [0.25, 0.3) is 0 Å². The van der Waals surface area contributed by atoms with Crippen LogP contribution in [0.2, 0.25) is 10.0 Å². The van der Waals surface area contributed by atoms with Gasteiger partial charge in [-0.1, -0.05) is 43.1 Å². The molecule has 4 nitrogen and oxygen atoms in total. The number of para-hydroxylation sites is 1. The number of benzene rings is 1. The Bertz CT molecular complexity index is 669. The molecule has 6 heteroatoms. The molecule has 0 bridgehead atoms. The molecule has 0 atom stereocenters. The Labute approximate surface area is 146 Å². The van der Waals surface area contributed by atoms with Crippen molar-refractivity contribution in [3.63, 3.8) is 0 Å². The highest BCUT2D eigenvalue weighted by Crippen LogP contribution is 2.32. The van der Waals surface area contributed by atoms with Crippen LogP contribution in [0, 0.1) is 5.92 Å². The van der Waals surface area contributed by atoms with Gasteiger partial charge in [-0.25, -0.2) is 0 Å². The van der Waals surface area contributed by atoms with Crippen LogP contribution in [0.1, 0.15) is 30.6 Å². The number of rotatable bonds is 6. The third kappa shape index (κ3) is 5.12. The minimum atomic E-state index is -0.146. The van der Waals surface area contributed by atoms with Crippen LogP contribution in [-0.4, -0.2) is 17.4 Å². The summed E-state index contributed by atoms with van der Waals surface area (Å²) in [6, 6.07) is 6.97. The van der Waals surface area contributed by atoms with Crippen LogP contribution >= 0.6 is 23.2 Å². The van der Waals surface area contributed by atoms with Crippen molar-refractivity contribution < 1.29 is 4.79 Å². The first-order valence-corrected chi connectivity index (χ1v) is 8.17. The predicted octanol–water partition coefficient (Wildman–Crippen LogP) is 4.91. The molecule has 23 heavy (non-hydrogen) atoms. The minimum Gasteiger partial charge on any atom is -0.352 e. The zero-order valence-electron chi connectivity index (χ0n) is 13.1. The first-order valence-electron chi connectivity index (χ1n) is 7.41. The van der Waals surface area contributed by atoms with Gasteiger partial charge in [-0.15, -0.1) is 0 Å². The van der Waals surface area contributed by atoms with E-state index in [4.69, 9.17) is 23.2 Å². The normalized spacial score (nSPS) is 10.7. The Morgan fingerprint density at radius 2 is 1.91 bits per heavy atom. The zero-order valence-corrected chi connectivity index (χ0v) is 14.6. The van der Waals surface area contributed by atoms with E-state index in [0.717, 1.165) is 6.42 Å². The Morgan fingerprint density at radius 3 is 2.57 bits per heavy atom. The quantitative estimate of drug-likeness (QED) is 0.777. The van der Waals surface area contributed by atoms with E-state index >= 15 is 0 Å². The molecule has 2 aromatic rings. The number of carbonyl (C=O) groups is 1. The molecular formula is C17H19Cl2N3O. The first-order chi connectivity index (χ1) is 11.0. The Morgan fingerprint density at radius 1 is 1.22 bits per heavy atom. The Hall–Kier alpha value is -1.78. The lowest BCUT2D eigenvalue weighted by Gasteiger charge is -2.11. The molecule has 1 amide bonds. The highest BCUT2D eigenvalue weighted by Gasteiger charge is 2.09. The molecule has 0 saturated heterocycles. The number of hydrogen-bond acceptors (Lipinski definition) is 3. The number of amides is 1. The Balaban J connectivity index is 2.09. The summed E-state index contributed by atoms with van der Waals surface area (Å²) in [5.74, 6) is 0.399. The molecule has 0 aliphatic heterocycles. The third-order valence-corrected chi connectivity index (χ3v) is 3.87. The number of halogens is 2. The van der Waals surface area contributed by atoms with E-state index in [-0.39, 0.29) is 5.91 Å². The maximum atomic E-state index is 12.1. The van der Waals surface area contributed by atoms with Gasteiger partial charge in [0.25, 0.3) is 5.91 Å². The van der Waals surface area contributed by atoms with Crippen molar-refractivity contribution in [2.24, 2.45) is 5.92 Å². The second-order valence-electron chi connectivity index (χ2n) is 5.62. The van der Waals surface area contributed by atoms with Crippen LogP contribution < -0.4 is 10.6 Å². The summed E-state index contributed by atoms with van der Waals surface area (Å²) < 4.78 is 0. The first kappa shape index (κ1) is 17.6. The van der Waals surface area contributed by atoms with E-state index in [2.05, 4.69) is 29.5 Å². The van der Waals surface area contributed by atoms with Crippen LogP contribution in [0.4, 0.5) is 11.4 Å². The number of pyridine rings is 1. The summed E-state index contributed by atoms with van der Waals surface area (Å²) in [6.07, 6.45) is 4.08. The number of carbonyl (C=O) groups excluding carboxylic acids is 1. The molecule has 0 radical (unpaired) electrons. The van der Waals surface area contributed by atoms with E-state index in [1.165, 1.54) is 6.20 Å². The molecule has 1 aromatic carbocycles. The molecule has 0 fully saturated rings. The van der Waals surface area contributed by atoms with Crippen molar-refractivity contribution in [3.05, 3.63) is 52.3 Å². The van der Waals surface area contributed by atoms with Gasteiger partial charge in [-0.2, -0.15) is 0 Å². The van der Waals surface area contributed by atoms with Gasteiger partial charge in [0.05, 0.1) is 33.2 Å². The van der Waals surface area contributed by atoms with E-state index in [1.807, 2.05) is 0 Å². The molecule has 0 saturated carbocycles. The van der Waals surface area contributed by atoms with Crippen LogP contribution in [-0.2, 0) is 0 Å². The number of nitrogens with one attached hydrogen (secondary N) is 2. The molecule has 2 N–H and O–H groups in total. The molecule has 1 heterocycles. The number of hydrogen-bond donors (Lipinski definition) is 2. The molecule has 2 rings (SSSR count). The predicted molar refractivity (Wildman–Crippen MR) is 95.8 cm³/mol. The van der Waals surface area contributed by atoms with Crippen LogP contribution in [0.5, 0.6) is 0 Å². The van der Waals surface area contributed by atoms with Gasteiger partial charge in [0, 0.05) is 12.7 Å². The maximum absolute atomic E-state index is 12.1. The van der Waals surface area contributed by atoms with Gasteiger partial charge in [0.2, 0.25) is 0 Å². The number of aromatic nitrogens is 1. The SMILES string of the molecule is CC(C)CCNC(=O)c1cncc(Nc2c(Cl)cccc2Cl)c1. The number of nitrogens with zero attached hydrogens (tertiary/aromatic N) is 1. The maximum Gasteiger partial charge on any atom is 0.252 e. The van der Waals surface area contributed by atoms with Crippen molar-refractivity contribution in [1.82, 2.24) is 10.3 Å². The second kappa shape index (κ2) is 8.18.